The smallest absolute Gasteiger partial charge is 0.292 e. The van der Waals surface area contributed by atoms with Crippen molar-refractivity contribution >= 4 is 33.5 Å². The Labute approximate surface area is 215 Å². The molecular weight excluding hydrogens is 470 g/mol. The Bertz CT molecular complexity index is 1330. The molecule has 0 bridgehead atoms. The number of aromatic nitrogens is 1. The molecule has 0 unspecified atom stereocenters. The number of anilines is 3. The third kappa shape index (κ3) is 5.49. The Morgan fingerprint density at radius 1 is 0.972 bits per heavy atom. The van der Waals surface area contributed by atoms with Crippen LogP contribution in [-0.4, -0.2) is 42.6 Å². The summed E-state index contributed by atoms with van der Waals surface area (Å²) in [5, 5.41) is 18.1. The summed E-state index contributed by atoms with van der Waals surface area (Å²) >= 11 is 1.68. The van der Waals surface area contributed by atoms with Gasteiger partial charge in [0.2, 0.25) is 0 Å². The van der Waals surface area contributed by atoms with Crippen LogP contribution in [0.15, 0.2) is 78.2 Å². The lowest BCUT2D eigenvalue weighted by Crippen LogP contribution is -2.46. The number of piperazine rings is 1. The summed E-state index contributed by atoms with van der Waals surface area (Å²) in [5.41, 5.74) is 6.27. The molecule has 1 aliphatic rings. The van der Waals surface area contributed by atoms with Crippen LogP contribution < -0.4 is 15.1 Å². The first-order valence-corrected chi connectivity index (χ1v) is 13.0. The largest absolute Gasteiger partial charge is 0.379 e. The number of rotatable bonds is 8. The summed E-state index contributed by atoms with van der Waals surface area (Å²) in [4.78, 5) is 20.8. The minimum atomic E-state index is -0.319. The SMILES string of the molecule is Cc1cccc(-c2csc(N3CCN(c4ccc([N+](=O)[O-])c(NCCc5ccccc5)c4)CC3)n2)c1. The average Bonchev–Trinajstić information content (AvgIpc) is 3.40. The van der Waals surface area contributed by atoms with Crippen molar-refractivity contribution in [3.05, 3.63) is 99.4 Å². The Kier molecular flexibility index (Phi) is 7.13. The maximum atomic E-state index is 11.6. The third-order valence-corrected chi connectivity index (χ3v) is 7.37. The number of aryl methyl sites for hydroxylation is 1. The van der Waals surface area contributed by atoms with E-state index in [1.807, 2.05) is 30.3 Å². The summed E-state index contributed by atoms with van der Waals surface area (Å²) in [6, 6.07) is 23.9. The van der Waals surface area contributed by atoms with Crippen molar-refractivity contribution in [2.45, 2.75) is 13.3 Å². The second-order valence-corrected chi connectivity index (χ2v) is 9.82. The molecule has 0 radical (unpaired) electrons. The summed E-state index contributed by atoms with van der Waals surface area (Å²) in [6.07, 6.45) is 0.805. The Balaban J connectivity index is 1.23. The number of nitro benzene ring substituents is 1. The summed E-state index contributed by atoms with van der Waals surface area (Å²) < 4.78 is 0. The van der Waals surface area contributed by atoms with Gasteiger partial charge < -0.3 is 15.1 Å². The first-order chi connectivity index (χ1) is 17.6. The lowest BCUT2D eigenvalue weighted by atomic mass is 10.1. The molecule has 1 aromatic heterocycles. The van der Waals surface area contributed by atoms with Gasteiger partial charge in [0.05, 0.1) is 10.6 Å². The van der Waals surface area contributed by atoms with E-state index < -0.39 is 0 Å². The molecule has 1 fully saturated rings. The minimum Gasteiger partial charge on any atom is -0.379 e. The predicted octanol–water partition coefficient (Wildman–Crippen LogP) is 6.01. The number of nitrogens with one attached hydrogen (secondary N) is 1. The first kappa shape index (κ1) is 23.8. The first-order valence-electron chi connectivity index (χ1n) is 12.2. The lowest BCUT2D eigenvalue weighted by Gasteiger charge is -2.36. The van der Waals surface area contributed by atoms with E-state index in [9.17, 15) is 10.1 Å². The van der Waals surface area contributed by atoms with Crippen LogP contribution in [0.1, 0.15) is 11.1 Å². The molecule has 7 nitrogen and oxygen atoms in total. The number of nitrogens with zero attached hydrogens (tertiary/aromatic N) is 4. The van der Waals surface area contributed by atoms with Gasteiger partial charge in [-0.3, -0.25) is 10.1 Å². The maximum Gasteiger partial charge on any atom is 0.292 e. The molecule has 1 N–H and O–H groups in total. The van der Waals surface area contributed by atoms with Gasteiger partial charge >= 0.3 is 0 Å². The van der Waals surface area contributed by atoms with E-state index in [-0.39, 0.29) is 10.6 Å². The zero-order valence-electron chi connectivity index (χ0n) is 20.3. The molecule has 0 aliphatic carbocycles. The van der Waals surface area contributed by atoms with Gasteiger partial charge in [0, 0.05) is 55.4 Å². The van der Waals surface area contributed by atoms with Gasteiger partial charge in [0.15, 0.2) is 5.13 Å². The number of nitro groups is 1. The Hall–Kier alpha value is -3.91. The molecule has 36 heavy (non-hydrogen) atoms. The highest BCUT2D eigenvalue weighted by Crippen LogP contribution is 2.32. The highest BCUT2D eigenvalue weighted by atomic mass is 32.1. The molecule has 2 heterocycles. The van der Waals surface area contributed by atoms with Gasteiger partial charge in [-0.25, -0.2) is 4.98 Å². The zero-order chi connectivity index (χ0) is 24.9. The summed E-state index contributed by atoms with van der Waals surface area (Å²) in [5.74, 6) is 0. The van der Waals surface area contributed by atoms with Crippen molar-refractivity contribution in [3.8, 4) is 11.3 Å². The fourth-order valence-electron chi connectivity index (χ4n) is 4.51. The number of hydrogen-bond donors (Lipinski definition) is 1. The van der Waals surface area contributed by atoms with E-state index in [4.69, 9.17) is 4.98 Å². The molecular formula is C28H29N5O2S. The van der Waals surface area contributed by atoms with Crippen molar-refractivity contribution in [1.29, 1.82) is 0 Å². The summed E-state index contributed by atoms with van der Waals surface area (Å²) in [6.45, 7) is 6.11. The fraction of sp³-hybridized carbons (Fsp3) is 0.250. The fourth-order valence-corrected chi connectivity index (χ4v) is 5.40. The molecule has 3 aromatic carbocycles. The van der Waals surface area contributed by atoms with E-state index in [1.165, 1.54) is 11.1 Å². The molecule has 5 rings (SSSR count). The van der Waals surface area contributed by atoms with E-state index in [1.54, 1.807) is 17.4 Å². The van der Waals surface area contributed by atoms with Crippen molar-refractivity contribution in [2.75, 3.05) is 47.8 Å². The molecule has 0 spiro atoms. The highest BCUT2D eigenvalue weighted by molar-refractivity contribution is 7.14. The van der Waals surface area contributed by atoms with E-state index in [0.717, 1.165) is 54.7 Å². The van der Waals surface area contributed by atoms with Gasteiger partial charge in [-0.2, -0.15) is 0 Å². The topological polar surface area (TPSA) is 74.5 Å². The quantitative estimate of drug-likeness (QED) is 0.236. The molecule has 0 saturated carbocycles. The van der Waals surface area contributed by atoms with Gasteiger partial charge in [0.25, 0.3) is 5.69 Å². The van der Waals surface area contributed by atoms with Crippen LogP contribution in [0.3, 0.4) is 0 Å². The Morgan fingerprint density at radius 2 is 1.75 bits per heavy atom. The molecule has 8 heteroatoms. The normalized spacial score (nSPS) is 13.6. The zero-order valence-corrected chi connectivity index (χ0v) is 21.1. The van der Waals surface area contributed by atoms with Gasteiger partial charge in [-0.15, -0.1) is 11.3 Å². The monoisotopic (exact) mass is 499 g/mol. The van der Waals surface area contributed by atoms with Crippen molar-refractivity contribution in [3.63, 3.8) is 0 Å². The molecule has 184 valence electrons. The van der Waals surface area contributed by atoms with E-state index in [0.29, 0.717) is 12.2 Å². The Morgan fingerprint density at radius 3 is 2.50 bits per heavy atom. The maximum absolute atomic E-state index is 11.6. The van der Waals surface area contributed by atoms with Gasteiger partial charge in [0.1, 0.15) is 5.69 Å². The van der Waals surface area contributed by atoms with E-state index >= 15 is 0 Å². The van der Waals surface area contributed by atoms with Crippen LogP contribution in [0.4, 0.5) is 22.2 Å². The minimum absolute atomic E-state index is 0.108. The standard InChI is InChI=1S/C28H29N5O2S/c1-21-6-5-9-23(18-21)26-20-36-28(30-26)32-16-14-31(15-17-32)24-10-11-27(33(34)35)25(19-24)29-13-12-22-7-3-2-4-8-22/h2-11,18-20,29H,12-17H2,1H3. The molecule has 0 amide bonds. The second kappa shape index (κ2) is 10.8. The van der Waals surface area contributed by atoms with Crippen molar-refractivity contribution in [1.82, 2.24) is 4.98 Å². The number of hydrogen-bond acceptors (Lipinski definition) is 7. The van der Waals surface area contributed by atoms with Gasteiger partial charge in [-0.1, -0.05) is 54.1 Å². The van der Waals surface area contributed by atoms with Crippen LogP contribution in [0.25, 0.3) is 11.3 Å². The molecule has 4 aromatic rings. The highest BCUT2D eigenvalue weighted by Gasteiger charge is 2.22. The third-order valence-electron chi connectivity index (χ3n) is 6.47. The predicted molar refractivity (Wildman–Crippen MR) is 148 cm³/mol. The molecule has 0 atom stereocenters. The van der Waals surface area contributed by atoms with Crippen LogP contribution >= 0.6 is 11.3 Å². The van der Waals surface area contributed by atoms with Crippen LogP contribution in [0, 0.1) is 17.0 Å². The van der Waals surface area contributed by atoms with Crippen LogP contribution in [-0.2, 0) is 6.42 Å². The van der Waals surface area contributed by atoms with Crippen molar-refractivity contribution in [2.24, 2.45) is 0 Å². The number of benzene rings is 3. The van der Waals surface area contributed by atoms with Crippen molar-refractivity contribution < 1.29 is 4.92 Å². The summed E-state index contributed by atoms with van der Waals surface area (Å²) in [7, 11) is 0. The lowest BCUT2D eigenvalue weighted by molar-refractivity contribution is -0.383. The van der Waals surface area contributed by atoms with Crippen LogP contribution in [0.5, 0.6) is 0 Å². The van der Waals surface area contributed by atoms with Gasteiger partial charge in [-0.05, 0) is 37.1 Å². The molecule has 1 saturated heterocycles. The average molecular weight is 500 g/mol. The second-order valence-electron chi connectivity index (χ2n) is 8.98. The van der Waals surface area contributed by atoms with Crippen LogP contribution in [0.2, 0.25) is 0 Å². The number of thiazole rings is 1. The molecule has 1 aliphatic heterocycles. The van der Waals surface area contributed by atoms with E-state index in [2.05, 4.69) is 63.8 Å².